The second kappa shape index (κ2) is 4.95. The number of hydrogen-bond acceptors (Lipinski definition) is 4. The van der Waals surface area contributed by atoms with Crippen LogP contribution in [0.4, 0.5) is 0 Å². The highest BCUT2D eigenvalue weighted by Crippen LogP contribution is 2.58. The number of carbonyl (C=O) groups excluding carboxylic acids is 1. The van der Waals surface area contributed by atoms with Gasteiger partial charge in [-0.2, -0.15) is 0 Å². The van der Waals surface area contributed by atoms with Crippen molar-refractivity contribution in [3.8, 4) is 0 Å². The topological polar surface area (TPSA) is 55.8 Å². The van der Waals surface area contributed by atoms with E-state index in [2.05, 4.69) is 0 Å². The van der Waals surface area contributed by atoms with E-state index in [0.717, 1.165) is 32.1 Å². The summed E-state index contributed by atoms with van der Waals surface area (Å²) in [5.41, 5.74) is -1.24. The molecule has 0 heterocycles. The molecule has 0 aliphatic heterocycles. The molecule has 1 N–H and O–H groups in total. The second-order valence-electron chi connectivity index (χ2n) is 8.30. The molecule has 4 nitrogen and oxygen atoms in total. The number of hydrogen-bond donors (Lipinski definition) is 1. The molecule has 0 aromatic heterocycles. The van der Waals surface area contributed by atoms with E-state index in [1.807, 2.05) is 20.8 Å². The Morgan fingerprint density at radius 3 is 2.38 bits per heavy atom. The van der Waals surface area contributed by atoms with E-state index in [-0.39, 0.29) is 18.4 Å². The van der Waals surface area contributed by atoms with Gasteiger partial charge in [-0.3, -0.25) is 4.79 Å². The van der Waals surface area contributed by atoms with Crippen LogP contribution in [0.15, 0.2) is 0 Å². The zero-order valence-electron chi connectivity index (χ0n) is 13.5. The first-order chi connectivity index (χ1) is 9.76. The van der Waals surface area contributed by atoms with Gasteiger partial charge >= 0.3 is 5.97 Å². The average molecular weight is 296 g/mol. The molecule has 2 atom stereocenters. The standard InChI is InChI=1S/C17H28O4/c1-4-15(2,3)14(18)20-11-21-17-8-12-5-13(9-17)7-16(19,6-12)10-17/h12-13,19H,4-11H2,1-3H3. The summed E-state index contributed by atoms with van der Waals surface area (Å²) in [5.74, 6) is 0.964. The third kappa shape index (κ3) is 2.85. The fourth-order valence-corrected chi connectivity index (χ4v) is 4.85. The second-order valence-corrected chi connectivity index (χ2v) is 8.30. The van der Waals surface area contributed by atoms with Crippen molar-refractivity contribution in [2.24, 2.45) is 17.3 Å². The average Bonchev–Trinajstić information content (AvgIpc) is 2.35. The van der Waals surface area contributed by atoms with Crippen molar-refractivity contribution in [3.63, 3.8) is 0 Å². The Bertz CT molecular complexity index is 415. The molecule has 0 amide bonds. The maximum atomic E-state index is 12.0. The Morgan fingerprint density at radius 2 is 1.86 bits per heavy atom. The van der Waals surface area contributed by atoms with Crippen LogP contribution in [0.2, 0.25) is 0 Å². The summed E-state index contributed by atoms with van der Waals surface area (Å²) in [6.45, 7) is 5.79. The summed E-state index contributed by atoms with van der Waals surface area (Å²) in [4.78, 5) is 12.0. The fraction of sp³-hybridized carbons (Fsp3) is 0.941. The van der Waals surface area contributed by atoms with E-state index in [1.165, 1.54) is 6.42 Å². The third-order valence-electron chi connectivity index (χ3n) is 5.97. The highest BCUT2D eigenvalue weighted by molar-refractivity contribution is 5.75. The zero-order valence-corrected chi connectivity index (χ0v) is 13.5. The molecule has 4 bridgehead atoms. The quantitative estimate of drug-likeness (QED) is 0.626. The normalized spacial score (nSPS) is 41.3. The number of carbonyl (C=O) groups is 1. The minimum Gasteiger partial charge on any atom is -0.438 e. The number of ether oxygens (including phenoxy) is 2. The molecule has 4 fully saturated rings. The Morgan fingerprint density at radius 1 is 1.24 bits per heavy atom. The van der Waals surface area contributed by atoms with Crippen LogP contribution in [-0.4, -0.2) is 29.1 Å². The summed E-state index contributed by atoms with van der Waals surface area (Å²) < 4.78 is 11.3. The monoisotopic (exact) mass is 296 g/mol. The largest absolute Gasteiger partial charge is 0.438 e. The van der Waals surface area contributed by atoms with Crippen molar-refractivity contribution in [2.45, 2.75) is 76.9 Å². The van der Waals surface area contributed by atoms with Crippen molar-refractivity contribution in [3.05, 3.63) is 0 Å². The lowest BCUT2D eigenvalue weighted by Gasteiger charge is -2.59. The van der Waals surface area contributed by atoms with Crippen molar-refractivity contribution < 1.29 is 19.4 Å². The lowest BCUT2D eigenvalue weighted by molar-refractivity contribution is -0.246. The molecule has 0 aromatic rings. The van der Waals surface area contributed by atoms with Gasteiger partial charge in [0, 0.05) is 6.42 Å². The number of esters is 1. The Balaban J connectivity index is 1.57. The van der Waals surface area contributed by atoms with Crippen LogP contribution in [-0.2, 0) is 14.3 Å². The Kier molecular flexibility index (Phi) is 3.61. The maximum Gasteiger partial charge on any atom is 0.313 e. The number of rotatable bonds is 5. The van der Waals surface area contributed by atoms with Gasteiger partial charge in [0.15, 0.2) is 6.79 Å². The van der Waals surface area contributed by atoms with Crippen LogP contribution in [0.25, 0.3) is 0 Å². The zero-order chi connectivity index (χ0) is 15.3. The minimum absolute atomic E-state index is 0.0256. The highest BCUT2D eigenvalue weighted by atomic mass is 16.7. The van der Waals surface area contributed by atoms with Gasteiger partial charge in [-0.1, -0.05) is 6.92 Å². The molecule has 4 rings (SSSR count). The van der Waals surface area contributed by atoms with E-state index in [4.69, 9.17) is 9.47 Å². The van der Waals surface area contributed by atoms with Crippen LogP contribution in [0.1, 0.15) is 65.7 Å². The van der Waals surface area contributed by atoms with Gasteiger partial charge in [0.2, 0.25) is 0 Å². The van der Waals surface area contributed by atoms with Gasteiger partial charge in [0.25, 0.3) is 0 Å². The lowest BCUT2D eigenvalue weighted by Crippen LogP contribution is -2.60. The predicted octanol–water partition coefficient (Wildman–Crippen LogP) is 3.02. The van der Waals surface area contributed by atoms with Gasteiger partial charge in [-0.05, 0) is 64.2 Å². The van der Waals surface area contributed by atoms with Crippen LogP contribution in [0.3, 0.4) is 0 Å². The molecule has 0 radical (unpaired) electrons. The molecule has 4 saturated carbocycles. The Labute approximate surface area is 127 Å². The SMILES string of the molecule is CCC(C)(C)C(=O)OCOC12CC3CC(CC(O)(C3)C1)C2. The molecule has 4 aliphatic rings. The van der Waals surface area contributed by atoms with E-state index in [0.29, 0.717) is 18.3 Å². The van der Waals surface area contributed by atoms with E-state index in [9.17, 15) is 9.90 Å². The summed E-state index contributed by atoms with van der Waals surface area (Å²) >= 11 is 0. The van der Waals surface area contributed by atoms with Crippen molar-refractivity contribution in [2.75, 3.05) is 6.79 Å². The molecule has 4 heteroatoms. The fourth-order valence-electron chi connectivity index (χ4n) is 4.85. The lowest BCUT2D eigenvalue weighted by atomic mass is 9.52. The van der Waals surface area contributed by atoms with Gasteiger partial charge in [-0.15, -0.1) is 0 Å². The smallest absolute Gasteiger partial charge is 0.313 e. The summed E-state index contributed by atoms with van der Waals surface area (Å²) in [6.07, 6.45) is 6.58. The summed E-state index contributed by atoms with van der Waals surface area (Å²) in [6, 6.07) is 0. The van der Waals surface area contributed by atoms with Crippen molar-refractivity contribution in [1.29, 1.82) is 0 Å². The first-order valence-electron chi connectivity index (χ1n) is 8.29. The molecule has 21 heavy (non-hydrogen) atoms. The van der Waals surface area contributed by atoms with Gasteiger partial charge in [0.1, 0.15) is 0 Å². The molecule has 0 aromatic carbocycles. The molecular weight excluding hydrogens is 268 g/mol. The van der Waals surface area contributed by atoms with Crippen LogP contribution >= 0.6 is 0 Å². The van der Waals surface area contributed by atoms with Crippen LogP contribution < -0.4 is 0 Å². The van der Waals surface area contributed by atoms with Gasteiger partial charge < -0.3 is 14.6 Å². The molecule has 0 spiro atoms. The van der Waals surface area contributed by atoms with Gasteiger partial charge in [-0.25, -0.2) is 0 Å². The van der Waals surface area contributed by atoms with E-state index < -0.39 is 11.0 Å². The maximum absolute atomic E-state index is 12.0. The van der Waals surface area contributed by atoms with Crippen LogP contribution in [0.5, 0.6) is 0 Å². The molecular formula is C17H28O4. The molecule has 0 saturated heterocycles. The van der Waals surface area contributed by atoms with Gasteiger partial charge in [0.05, 0.1) is 16.6 Å². The number of aliphatic hydroxyl groups is 1. The minimum atomic E-state index is -0.531. The van der Waals surface area contributed by atoms with E-state index in [1.54, 1.807) is 0 Å². The summed E-state index contributed by atoms with van der Waals surface area (Å²) in [5, 5.41) is 10.7. The van der Waals surface area contributed by atoms with Crippen molar-refractivity contribution >= 4 is 5.97 Å². The van der Waals surface area contributed by atoms with Crippen LogP contribution in [0, 0.1) is 17.3 Å². The molecule has 4 aliphatic carbocycles. The Hall–Kier alpha value is -0.610. The molecule has 120 valence electrons. The van der Waals surface area contributed by atoms with Crippen molar-refractivity contribution in [1.82, 2.24) is 0 Å². The third-order valence-corrected chi connectivity index (χ3v) is 5.97. The van der Waals surface area contributed by atoms with E-state index >= 15 is 0 Å². The first kappa shape index (κ1) is 15.3. The first-order valence-corrected chi connectivity index (χ1v) is 8.29. The molecule has 2 unspecified atom stereocenters. The highest BCUT2D eigenvalue weighted by Gasteiger charge is 2.58. The summed E-state index contributed by atoms with van der Waals surface area (Å²) in [7, 11) is 0. The predicted molar refractivity (Wildman–Crippen MR) is 78.5 cm³/mol.